The number of aromatic nitrogens is 2. The van der Waals surface area contributed by atoms with Crippen LogP contribution in [0.5, 0.6) is 0 Å². The van der Waals surface area contributed by atoms with Crippen molar-refractivity contribution in [1.82, 2.24) is 9.55 Å². The van der Waals surface area contributed by atoms with Crippen molar-refractivity contribution in [3.05, 3.63) is 22.7 Å². The fourth-order valence-corrected chi connectivity index (χ4v) is 2.15. The van der Waals surface area contributed by atoms with Crippen molar-refractivity contribution in [2.45, 2.75) is 46.6 Å². The first-order valence-electron chi connectivity index (χ1n) is 7.30. The van der Waals surface area contributed by atoms with Crippen LogP contribution >= 0.6 is 0 Å². The molecule has 0 aromatic carbocycles. The first-order chi connectivity index (χ1) is 9.27. The molecule has 1 rings (SSSR count). The number of nitrogens with zero attached hydrogens (tertiary/aromatic N) is 3. The number of hydrogen-bond donors (Lipinski definition) is 1. The maximum absolute atomic E-state index is 12.6. The van der Waals surface area contributed by atoms with Crippen LogP contribution in [0.25, 0.3) is 0 Å². The number of rotatable bonds is 6. The summed E-state index contributed by atoms with van der Waals surface area (Å²) in [5, 5.41) is 0. The molecular formula is C15H28N4O. The van der Waals surface area contributed by atoms with Crippen LogP contribution in [-0.4, -0.2) is 29.2 Å². The Kier molecular flexibility index (Phi) is 5.74. The Hall–Kier alpha value is -1.36. The highest BCUT2D eigenvalue weighted by Gasteiger charge is 2.20. The van der Waals surface area contributed by atoms with Gasteiger partial charge in [-0.2, -0.15) is 0 Å². The van der Waals surface area contributed by atoms with Gasteiger partial charge in [-0.15, -0.1) is 0 Å². The molecule has 0 fully saturated rings. The second-order valence-corrected chi connectivity index (χ2v) is 6.58. The average Bonchev–Trinajstić information content (AvgIpc) is 2.33. The molecule has 1 aromatic rings. The Labute approximate surface area is 121 Å². The van der Waals surface area contributed by atoms with Gasteiger partial charge in [0.25, 0.3) is 5.56 Å². The third-order valence-electron chi connectivity index (χ3n) is 3.06. The lowest BCUT2D eigenvalue weighted by atomic mass is 10.1. The van der Waals surface area contributed by atoms with Gasteiger partial charge in [-0.1, -0.05) is 13.8 Å². The molecule has 0 aliphatic carbocycles. The molecule has 0 aliphatic heterocycles. The molecule has 0 unspecified atom stereocenters. The molecule has 2 N–H and O–H groups in total. The maximum atomic E-state index is 12.6. The molecule has 20 heavy (non-hydrogen) atoms. The van der Waals surface area contributed by atoms with Gasteiger partial charge in [-0.25, -0.2) is 4.98 Å². The smallest absolute Gasteiger partial charge is 0.293 e. The quantitative estimate of drug-likeness (QED) is 0.863. The molecule has 5 nitrogen and oxygen atoms in total. The summed E-state index contributed by atoms with van der Waals surface area (Å²) >= 11 is 0. The van der Waals surface area contributed by atoms with E-state index in [0.717, 1.165) is 19.5 Å². The van der Waals surface area contributed by atoms with Gasteiger partial charge >= 0.3 is 0 Å². The van der Waals surface area contributed by atoms with Crippen LogP contribution in [0.3, 0.4) is 0 Å². The van der Waals surface area contributed by atoms with Crippen LogP contribution in [0.15, 0.2) is 17.2 Å². The zero-order valence-electron chi connectivity index (χ0n) is 13.4. The molecule has 5 heteroatoms. The summed E-state index contributed by atoms with van der Waals surface area (Å²) in [6.45, 7) is 12.5. The summed E-state index contributed by atoms with van der Waals surface area (Å²) in [5.41, 5.74) is 5.32. The summed E-state index contributed by atoms with van der Waals surface area (Å²) in [7, 11) is 0. The van der Waals surface area contributed by atoms with Crippen molar-refractivity contribution in [3.8, 4) is 0 Å². The van der Waals surface area contributed by atoms with Crippen molar-refractivity contribution < 1.29 is 0 Å². The van der Waals surface area contributed by atoms with E-state index < -0.39 is 0 Å². The third kappa shape index (κ3) is 4.34. The molecule has 0 amide bonds. The van der Waals surface area contributed by atoms with Crippen LogP contribution in [0.4, 0.5) is 5.82 Å². The molecule has 0 aliphatic rings. The van der Waals surface area contributed by atoms with Crippen LogP contribution in [-0.2, 0) is 5.54 Å². The summed E-state index contributed by atoms with van der Waals surface area (Å²) in [6, 6.07) is 0. The Morgan fingerprint density at radius 2 is 2.05 bits per heavy atom. The summed E-state index contributed by atoms with van der Waals surface area (Å²) < 4.78 is 1.74. The molecule has 0 radical (unpaired) electrons. The summed E-state index contributed by atoms with van der Waals surface area (Å²) in [5.74, 6) is 1.00. The van der Waals surface area contributed by atoms with Crippen LogP contribution < -0.4 is 16.2 Å². The van der Waals surface area contributed by atoms with Crippen LogP contribution in [0.1, 0.15) is 41.0 Å². The second kappa shape index (κ2) is 6.88. The minimum Gasteiger partial charge on any atom is -0.352 e. The van der Waals surface area contributed by atoms with Crippen molar-refractivity contribution in [3.63, 3.8) is 0 Å². The first-order valence-corrected chi connectivity index (χ1v) is 7.30. The third-order valence-corrected chi connectivity index (χ3v) is 3.06. The molecule has 1 aromatic heterocycles. The van der Waals surface area contributed by atoms with E-state index in [4.69, 9.17) is 5.73 Å². The highest BCUT2D eigenvalue weighted by atomic mass is 16.1. The van der Waals surface area contributed by atoms with Crippen molar-refractivity contribution in [2.24, 2.45) is 11.7 Å². The second-order valence-electron chi connectivity index (χ2n) is 6.58. The fraction of sp³-hybridized carbons (Fsp3) is 0.733. The van der Waals surface area contributed by atoms with E-state index in [1.54, 1.807) is 17.0 Å². The highest BCUT2D eigenvalue weighted by molar-refractivity contribution is 5.36. The number of hydrogen-bond acceptors (Lipinski definition) is 4. The average molecular weight is 280 g/mol. The number of anilines is 1. The molecule has 0 bridgehead atoms. The fourth-order valence-electron chi connectivity index (χ4n) is 2.15. The lowest BCUT2D eigenvalue weighted by Gasteiger charge is -2.28. The topological polar surface area (TPSA) is 64.2 Å². The SMILES string of the molecule is CC(C)CN(CCCN)c1nccn(C(C)(C)C)c1=O. The van der Waals surface area contributed by atoms with Gasteiger partial charge in [0, 0.05) is 31.0 Å². The van der Waals surface area contributed by atoms with E-state index in [2.05, 4.69) is 23.7 Å². The predicted octanol–water partition coefficient (Wildman–Crippen LogP) is 1.81. The van der Waals surface area contributed by atoms with Crippen molar-refractivity contribution >= 4 is 5.82 Å². The maximum Gasteiger partial charge on any atom is 0.293 e. The van der Waals surface area contributed by atoms with Crippen molar-refractivity contribution in [2.75, 3.05) is 24.5 Å². The Balaban J connectivity index is 3.16. The van der Waals surface area contributed by atoms with Crippen molar-refractivity contribution in [1.29, 1.82) is 0 Å². The lowest BCUT2D eigenvalue weighted by Crippen LogP contribution is -2.40. The zero-order chi connectivity index (χ0) is 15.3. The first kappa shape index (κ1) is 16.7. The molecular weight excluding hydrogens is 252 g/mol. The molecule has 0 saturated carbocycles. The Morgan fingerprint density at radius 1 is 1.40 bits per heavy atom. The minimum atomic E-state index is -0.244. The molecule has 1 heterocycles. The van der Waals surface area contributed by atoms with Gasteiger partial charge < -0.3 is 15.2 Å². The van der Waals surface area contributed by atoms with Crippen LogP contribution in [0.2, 0.25) is 0 Å². The summed E-state index contributed by atoms with van der Waals surface area (Å²) in [6.07, 6.45) is 4.32. The molecule has 0 atom stereocenters. The lowest BCUT2D eigenvalue weighted by molar-refractivity contribution is 0.382. The van der Waals surface area contributed by atoms with Gasteiger partial charge in [0.15, 0.2) is 5.82 Å². The van der Waals surface area contributed by atoms with Gasteiger partial charge in [0.2, 0.25) is 0 Å². The normalized spacial score (nSPS) is 11.9. The Bertz CT molecular complexity index is 473. The molecule has 114 valence electrons. The van der Waals surface area contributed by atoms with E-state index in [-0.39, 0.29) is 11.1 Å². The van der Waals surface area contributed by atoms with Crippen LogP contribution in [0, 0.1) is 5.92 Å². The number of nitrogens with two attached hydrogens (primary N) is 1. The summed E-state index contributed by atoms with van der Waals surface area (Å²) in [4.78, 5) is 19.0. The van der Waals surface area contributed by atoms with E-state index in [0.29, 0.717) is 18.3 Å². The van der Waals surface area contributed by atoms with Gasteiger partial charge in [-0.05, 0) is 39.7 Å². The van der Waals surface area contributed by atoms with Gasteiger partial charge in [0.05, 0.1) is 0 Å². The van der Waals surface area contributed by atoms with Gasteiger partial charge in [-0.3, -0.25) is 4.79 Å². The minimum absolute atomic E-state index is 0.0299. The van der Waals surface area contributed by atoms with E-state index in [9.17, 15) is 4.79 Å². The van der Waals surface area contributed by atoms with E-state index >= 15 is 0 Å². The predicted molar refractivity (Wildman–Crippen MR) is 84.2 cm³/mol. The standard InChI is InChI=1S/C15H28N4O/c1-12(2)11-18(9-6-7-16)13-14(20)19(10-8-17-13)15(3,4)5/h8,10,12H,6-7,9,11,16H2,1-5H3. The Morgan fingerprint density at radius 3 is 2.55 bits per heavy atom. The monoisotopic (exact) mass is 280 g/mol. The van der Waals surface area contributed by atoms with E-state index in [1.807, 2.05) is 20.8 Å². The molecule has 0 spiro atoms. The largest absolute Gasteiger partial charge is 0.352 e. The highest BCUT2D eigenvalue weighted by Crippen LogP contribution is 2.13. The zero-order valence-corrected chi connectivity index (χ0v) is 13.4. The van der Waals surface area contributed by atoms with E-state index in [1.165, 1.54) is 0 Å². The molecule has 0 saturated heterocycles. The van der Waals surface area contributed by atoms with Gasteiger partial charge in [0.1, 0.15) is 0 Å².